The molecule has 9 nitrogen and oxygen atoms in total. The minimum absolute atomic E-state index is 0.00785. The normalized spacial score (nSPS) is 16.6. The number of nitrogens with zero attached hydrogens (tertiary/aromatic N) is 2. The van der Waals surface area contributed by atoms with Crippen molar-refractivity contribution in [2.75, 3.05) is 39.8 Å². The van der Waals surface area contributed by atoms with Crippen molar-refractivity contribution in [3.05, 3.63) is 29.8 Å². The molecule has 0 aromatic heterocycles. The first-order valence-corrected chi connectivity index (χ1v) is 10.7. The van der Waals surface area contributed by atoms with Gasteiger partial charge in [-0.05, 0) is 58.4 Å². The maximum Gasteiger partial charge on any atom is 0.407 e. The van der Waals surface area contributed by atoms with Gasteiger partial charge in [0.15, 0.2) is 5.96 Å². The second-order valence-electron chi connectivity index (χ2n) is 8.30. The number of nitrogens with one attached hydrogen (secondary N) is 3. The number of guanidine groups is 1. The van der Waals surface area contributed by atoms with Gasteiger partial charge in [-0.2, -0.15) is 0 Å². The number of carbonyl (C=O) groups excluding carboxylic acids is 2. The summed E-state index contributed by atoms with van der Waals surface area (Å²) < 4.78 is 10.4. The molecule has 0 spiro atoms. The Morgan fingerprint density at radius 1 is 1.19 bits per heavy atom. The van der Waals surface area contributed by atoms with Gasteiger partial charge in [-0.25, -0.2) is 4.79 Å². The van der Waals surface area contributed by atoms with E-state index in [1.54, 1.807) is 31.4 Å². The zero-order valence-electron chi connectivity index (χ0n) is 19.2. The fourth-order valence-electron chi connectivity index (χ4n) is 3.15. The summed E-state index contributed by atoms with van der Waals surface area (Å²) in [4.78, 5) is 31.0. The van der Waals surface area contributed by atoms with Crippen LogP contribution in [0.4, 0.5) is 4.79 Å². The van der Waals surface area contributed by atoms with Crippen molar-refractivity contribution in [1.82, 2.24) is 20.9 Å². The smallest absolute Gasteiger partial charge is 0.407 e. The van der Waals surface area contributed by atoms with Gasteiger partial charge in [0.25, 0.3) is 5.91 Å². The number of aliphatic imine (C=N–C) groups is 1. The second kappa shape index (κ2) is 11.4. The number of amides is 2. The van der Waals surface area contributed by atoms with Gasteiger partial charge in [-0.15, -0.1) is 0 Å². The Hall–Kier alpha value is -2.97. The summed E-state index contributed by atoms with van der Waals surface area (Å²) in [7, 11) is 1.59. The molecule has 0 radical (unpaired) electrons. The monoisotopic (exact) mass is 433 g/mol. The van der Waals surface area contributed by atoms with Crippen LogP contribution in [0.1, 0.15) is 44.5 Å². The highest BCUT2D eigenvalue weighted by Gasteiger charge is 2.27. The van der Waals surface area contributed by atoms with Crippen LogP contribution in [-0.4, -0.2) is 74.3 Å². The van der Waals surface area contributed by atoms with E-state index in [1.165, 1.54) is 0 Å². The maximum atomic E-state index is 12.2. The molecule has 2 rings (SSSR count). The molecule has 3 N–H and O–H groups in total. The Kier molecular flexibility index (Phi) is 8.96. The molecule has 1 aliphatic heterocycles. The van der Waals surface area contributed by atoms with Crippen molar-refractivity contribution in [1.29, 1.82) is 0 Å². The van der Waals surface area contributed by atoms with Crippen molar-refractivity contribution in [2.24, 2.45) is 4.99 Å². The number of hydrogen-bond donors (Lipinski definition) is 3. The van der Waals surface area contributed by atoms with Crippen molar-refractivity contribution in [3.63, 3.8) is 0 Å². The third-order valence-corrected chi connectivity index (χ3v) is 4.55. The van der Waals surface area contributed by atoms with Crippen molar-refractivity contribution in [3.8, 4) is 5.75 Å². The predicted molar refractivity (Wildman–Crippen MR) is 121 cm³/mol. The van der Waals surface area contributed by atoms with Crippen LogP contribution in [0, 0.1) is 0 Å². The van der Waals surface area contributed by atoms with Crippen LogP contribution in [0.25, 0.3) is 0 Å². The molecule has 0 saturated carbocycles. The average molecular weight is 434 g/mol. The number of carbonyl (C=O) groups is 2. The van der Waals surface area contributed by atoms with Crippen molar-refractivity contribution in [2.45, 2.75) is 45.8 Å². The molecule has 1 fully saturated rings. The molecular weight excluding hydrogens is 398 g/mol. The Labute approximate surface area is 184 Å². The number of rotatable bonds is 7. The zero-order valence-corrected chi connectivity index (χ0v) is 19.2. The molecule has 1 aromatic carbocycles. The van der Waals surface area contributed by atoms with E-state index in [9.17, 15) is 9.59 Å². The SMILES string of the molecule is CCNC(=NCCNC(=O)c1ccc(OC)cc1)N1CCC(NC(=O)OC(C)(C)C)C1. The van der Waals surface area contributed by atoms with E-state index < -0.39 is 11.7 Å². The first kappa shape index (κ1) is 24.3. The van der Waals surface area contributed by atoms with Crippen molar-refractivity contribution < 1.29 is 19.1 Å². The van der Waals surface area contributed by atoms with Crippen molar-refractivity contribution >= 4 is 18.0 Å². The molecule has 31 heavy (non-hydrogen) atoms. The molecule has 1 saturated heterocycles. The topological polar surface area (TPSA) is 104 Å². The van der Waals surface area contributed by atoms with E-state index in [2.05, 4.69) is 25.8 Å². The Bertz CT molecular complexity index is 758. The Balaban J connectivity index is 1.81. The number of alkyl carbamates (subject to hydrolysis) is 1. The summed E-state index contributed by atoms with van der Waals surface area (Å²) in [6.45, 7) is 10.6. The fraction of sp³-hybridized carbons (Fsp3) is 0.591. The molecule has 1 aliphatic rings. The zero-order chi connectivity index (χ0) is 22.9. The largest absolute Gasteiger partial charge is 0.497 e. The van der Waals surface area contributed by atoms with Crippen LogP contribution in [0.3, 0.4) is 0 Å². The summed E-state index contributed by atoms with van der Waals surface area (Å²) in [5.74, 6) is 1.34. The van der Waals surface area contributed by atoms with Crippen LogP contribution in [0.2, 0.25) is 0 Å². The van der Waals surface area contributed by atoms with E-state index in [4.69, 9.17) is 9.47 Å². The molecule has 1 aromatic rings. The van der Waals surface area contributed by atoms with E-state index in [0.29, 0.717) is 30.9 Å². The maximum absolute atomic E-state index is 12.2. The average Bonchev–Trinajstić information content (AvgIpc) is 3.16. The lowest BCUT2D eigenvalue weighted by molar-refractivity contribution is 0.0507. The first-order chi connectivity index (χ1) is 14.7. The number of likely N-dealkylation sites (tertiary alicyclic amines) is 1. The van der Waals surface area contributed by atoms with Gasteiger partial charge in [0.1, 0.15) is 11.4 Å². The highest BCUT2D eigenvalue weighted by molar-refractivity contribution is 5.94. The lowest BCUT2D eigenvalue weighted by Gasteiger charge is -2.23. The lowest BCUT2D eigenvalue weighted by Crippen LogP contribution is -2.44. The molecule has 0 bridgehead atoms. The van der Waals surface area contributed by atoms with Gasteiger partial charge in [0.05, 0.1) is 19.7 Å². The Morgan fingerprint density at radius 3 is 2.52 bits per heavy atom. The van der Waals surface area contributed by atoms with Gasteiger partial charge in [-0.3, -0.25) is 9.79 Å². The second-order valence-corrected chi connectivity index (χ2v) is 8.30. The highest BCUT2D eigenvalue weighted by Crippen LogP contribution is 2.12. The molecule has 0 aliphatic carbocycles. The summed E-state index contributed by atoms with van der Waals surface area (Å²) in [5.41, 5.74) is 0.0574. The lowest BCUT2D eigenvalue weighted by atomic mass is 10.2. The number of ether oxygens (including phenoxy) is 2. The number of benzene rings is 1. The van der Waals surface area contributed by atoms with Gasteiger partial charge in [0.2, 0.25) is 0 Å². The van der Waals surface area contributed by atoms with Gasteiger partial charge in [0, 0.05) is 31.7 Å². The van der Waals surface area contributed by atoms with E-state index in [0.717, 1.165) is 25.5 Å². The van der Waals surface area contributed by atoms with Gasteiger partial charge in [-0.1, -0.05) is 0 Å². The van der Waals surface area contributed by atoms with E-state index >= 15 is 0 Å². The predicted octanol–water partition coefficient (Wildman–Crippen LogP) is 1.99. The molecular formula is C22H35N5O4. The molecule has 9 heteroatoms. The van der Waals surface area contributed by atoms with Gasteiger partial charge < -0.3 is 30.3 Å². The van der Waals surface area contributed by atoms with Crippen LogP contribution in [0.15, 0.2) is 29.3 Å². The minimum Gasteiger partial charge on any atom is -0.497 e. The summed E-state index contributed by atoms with van der Waals surface area (Å²) in [6.07, 6.45) is 0.417. The third-order valence-electron chi connectivity index (χ3n) is 4.55. The molecule has 1 heterocycles. The highest BCUT2D eigenvalue weighted by atomic mass is 16.6. The molecule has 172 valence electrons. The molecule has 1 atom stereocenters. The molecule has 2 amide bonds. The standard InChI is InChI=1S/C22H35N5O4/c1-6-23-20(27-14-11-17(15-27)26-21(29)31-22(2,3)4)25-13-12-24-19(28)16-7-9-18(30-5)10-8-16/h7-10,17H,6,11-15H2,1-5H3,(H,23,25)(H,24,28)(H,26,29). The summed E-state index contributed by atoms with van der Waals surface area (Å²) in [6, 6.07) is 6.97. The van der Waals surface area contributed by atoms with Crippen LogP contribution in [-0.2, 0) is 4.74 Å². The minimum atomic E-state index is -0.519. The number of hydrogen-bond acceptors (Lipinski definition) is 5. The molecule has 1 unspecified atom stereocenters. The number of methoxy groups -OCH3 is 1. The summed E-state index contributed by atoms with van der Waals surface area (Å²) >= 11 is 0. The Morgan fingerprint density at radius 2 is 1.90 bits per heavy atom. The van der Waals surface area contributed by atoms with E-state index in [-0.39, 0.29) is 11.9 Å². The quantitative estimate of drug-likeness (QED) is 0.345. The third kappa shape index (κ3) is 8.35. The fourth-order valence-corrected chi connectivity index (χ4v) is 3.15. The summed E-state index contributed by atoms with van der Waals surface area (Å²) in [5, 5.41) is 9.07. The van der Waals surface area contributed by atoms with E-state index in [1.807, 2.05) is 27.7 Å². The first-order valence-electron chi connectivity index (χ1n) is 10.7. The van der Waals surface area contributed by atoms with Crippen LogP contribution < -0.4 is 20.7 Å². The van der Waals surface area contributed by atoms with Gasteiger partial charge >= 0.3 is 6.09 Å². The van der Waals surface area contributed by atoms with Crippen LogP contribution in [0.5, 0.6) is 5.75 Å². The van der Waals surface area contributed by atoms with Crippen LogP contribution >= 0.6 is 0 Å².